The Hall–Kier alpha value is -6.23. The number of likely N-dealkylation sites (tertiary alicyclic amines) is 2. The molecule has 0 aromatic heterocycles. The van der Waals surface area contributed by atoms with E-state index < -0.39 is 53.6 Å². The summed E-state index contributed by atoms with van der Waals surface area (Å²) in [6.45, 7) is 14.0. The van der Waals surface area contributed by atoms with E-state index in [1.165, 1.54) is 31.3 Å². The van der Waals surface area contributed by atoms with Crippen molar-refractivity contribution < 1.29 is 47.7 Å². The van der Waals surface area contributed by atoms with Gasteiger partial charge in [0, 0.05) is 42.6 Å². The molecule has 5 N–H and O–H groups in total. The number of nitrogens with one attached hydrogen (secondary N) is 4. The summed E-state index contributed by atoms with van der Waals surface area (Å²) in [5.41, 5.74) is 3.14. The average molecular weight is 916 g/mol. The summed E-state index contributed by atoms with van der Waals surface area (Å²) in [7, 11) is 2.51. The van der Waals surface area contributed by atoms with E-state index in [1.807, 2.05) is 69.0 Å². The van der Waals surface area contributed by atoms with Crippen LogP contribution in [0.3, 0.4) is 0 Å². The number of alkyl carbamates (subject to hydrolysis) is 2. The monoisotopic (exact) mass is 915 g/mol. The number of β-amino-alcohol motifs (C(OH)–C–C–N with tert-alkyl or cyclic N) is 1. The molecule has 3 fully saturated rings. The van der Waals surface area contributed by atoms with Gasteiger partial charge in [-0.25, -0.2) is 14.0 Å². The number of carbonyl (C=O) groups is 6. The van der Waals surface area contributed by atoms with Crippen molar-refractivity contribution in [3.63, 3.8) is 0 Å². The number of hydrogen-bond donors (Lipinski definition) is 5. The fourth-order valence-corrected chi connectivity index (χ4v) is 8.87. The Bertz CT molecular complexity index is 2160. The molecule has 6 amide bonds. The topological polar surface area (TPSA) is 199 Å². The van der Waals surface area contributed by atoms with Crippen LogP contribution in [-0.4, -0.2) is 109 Å². The minimum absolute atomic E-state index is 0.00744. The summed E-state index contributed by atoms with van der Waals surface area (Å²) < 4.78 is 23.2. The lowest BCUT2D eigenvalue weighted by Gasteiger charge is -2.35. The molecule has 3 saturated heterocycles. The summed E-state index contributed by atoms with van der Waals surface area (Å²) in [6.07, 6.45) is 2.21. The lowest BCUT2D eigenvalue weighted by atomic mass is 9.85. The molecule has 5 unspecified atom stereocenters. The van der Waals surface area contributed by atoms with Gasteiger partial charge in [-0.1, -0.05) is 65.8 Å². The number of aliphatic hydroxyl groups excluding tert-OH is 1. The van der Waals surface area contributed by atoms with E-state index in [1.54, 1.807) is 45.0 Å². The molecular weight excluding hydrogens is 850 g/mol. The Morgan fingerprint density at radius 1 is 0.727 bits per heavy atom. The quantitative estimate of drug-likeness (QED) is 0.126. The lowest BCUT2D eigenvalue weighted by molar-refractivity contribution is -0.140. The maximum atomic E-state index is 13.9. The van der Waals surface area contributed by atoms with Gasteiger partial charge in [0.1, 0.15) is 23.9 Å². The highest BCUT2D eigenvalue weighted by atomic mass is 19.1. The molecule has 0 saturated carbocycles. The molecule has 3 aromatic rings. The standard InChI is InChI=1S/C36H42FN5O6.C13H24N2O3/c1-36(2,3)32(40-35(47)48-4)34(46)41-20-28(44)19-31(41)33(45)39-26-13-7-23(8-14-26)30-18-17-29(22-5-11-25(12-6-22)38-21-43)42(30)27-15-9-24(37)10-16-27;1-9-7-6-8-15(9)11(16)10(13(2,3)4)14-12(17)18-5/h5-16,21,28-32,44H,17-20H2,1-4H3,(H,38,43)(H,39,45)(H,40,47);9-10H,6-8H2,1-5H3,(H,14,17)/t;9-,10-/m.1/s1. The molecule has 3 aromatic carbocycles. The maximum absolute atomic E-state index is 13.9. The summed E-state index contributed by atoms with van der Waals surface area (Å²) >= 11 is 0. The normalized spacial score (nSPS) is 21.4. The zero-order valence-corrected chi connectivity index (χ0v) is 39.4. The number of ether oxygens (including phenoxy) is 2. The van der Waals surface area contributed by atoms with Crippen molar-refractivity contribution in [1.82, 2.24) is 20.4 Å². The second-order valence-electron chi connectivity index (χ2n) is 19.3. The second-order valence-corrected chi connectivity index (χ2v) is 19.3. The van der Waals surface area contributed by atoms with Crippen LogP contribution in [0.2, 0.25) is 0 Å². The SMILES string of the molecule is COC(=O)NC(C(=O)N1CC(O)CC1C(=O)Nc1ccc(C2CCC(c3ccc(NC=O)cc3)N2c2ccc(F)cc2)cc1)C(C)(C)C.COC(=O)N[C@H](C(=O)N1CCC[C@H]1C)C(C)(C)C. The Kier molecular flexibility index (Phi) is 16.8. The van der Waals surface area contributed by atoms with Crippen molar-refractivity contribution in [2.45, 2.75) is 123 Å². The van der Waals surface area contributed by atoms with Crippen LogP contribution in [0.4, 0.5) is 31.0 Å². The predicted molar refractivity (Wildman–Crippen MR) is 249 cm³/mol. The molecule has 358 valence electrons. The fourth-order valence-electron chi connectivity index (χ4n) is 8.87. The van der Waals surface area contributed by atoms with Crippen LogP contribution in [0.25, 0.3) is 0 Å². The second kappa shape index (κ2) is 21.8. The number of methoxy groups -OCH3 is 2. The van der Waals surface area contributed by atoms with Gasteiger partial charge in [0.2, 0.25) is 24.1 Å². The number of halogens is 1. The molecule has 0 radical (unpaired) electrons. The van der Waals surface area contributed by atoms with Gasteiger partial charge in [-0.2, -0.15) is 0 Å². The molecule has 6 rings (SSSR count). The summed E-state index contributed by atoms with van der Waals surface area (Å²) in [4.78, 5) is 79.3. The highest BCUT2D eigenvalue weighted by Crippen LogP contribution is 2.47. The van der Waals surface area contributed by atoms with Crippen LogP contribution in [0.5, 0.6) is 0 Å². The van der Waals surface area contributed by atoms with E-state index in [-0.39, 0.29) is 48.2 Å². The lowest BCUT2D eigenvalue weighted by Crippen LogP contribution is -2.57. The number of hydrogen-bond acceptors (Lipinski definition) is 10. The van der Waals surface area contributed by atoms with Gasteiger partial charge in [0.25, 0.3) is 0 Å². The van der Waals surface area contributed by atoms with Crippen LogP contribution in [0.1, 0.15) is 104 Å². The van der Waals surface area contributed by atoms with Crippen molar-refractivity contribution >= 4 is 53.4 Å². The van der Waals surface area contributed by atoms with E-state index in [2.05, 4.69) is 30.9 Å². The van der Waals surface area contributed by atoms with E-state index in [9.17, 15) is 38.3 Å². The summed E-state index contributed by atoms with van der Waals surface area (Å²) in [6, 6.07) is 19.4. The van der Waals surface area contributed by atoms with Gasteiger partial charge in [-0.05, 0) is 103 Å². The van der Waals surface area contributed by atoms with Gasteiger partial charge in [0.05, 0.1) is 32.4 Å². The first-order valence-electron chi connectivity index (χ1n) is 22.4. The Morgan fingerprint density at radius 2 is 1.21 bits per heavy atom. The number of rotatable bonds is 11. The van der Waals surface area contributed by atoms with Crippen LogP contribution in [0, 0.1) is 16.6 Å². The third-order valence-corrected chi connectivity index (χ3v) is 12.4. The Labute approximate surface area is 386 Å². The third kappa shape index (κ3) is 12.6. The van der Waals surface area contributed by atoms with E-state index >= 15 is 0 Å². The minimum atomic E-state index is -0.977. The maximum Gasteiger partial charge on any atom is 0.407 e. The van der Waals surface area contributed by atoms with E-state index in [0.29, 0.717) is 17.8 Å². The van der Waals surface area contributed by atoms with Crippen molar-refractivity contribution in [2.75, 3.05) is 42.8 Å². The van der Waals surface area contributed by atoms with Gasteiger partial charge in [-0.15, -0.1) is 0 Å². The number of anilines is 3. The van der Waals surface area contributed by atoms with Crippen LogP contribution in [-0.2, 0) is 28.7 Å². The predicted octanol–water partition coefficient (Wildman–Crippen LogP) is 6.92. The van der Waals surface area contributed by atoms with Gasteiger partial charge < -0.3 is 50.5 Å². The largest absolute Gasteiger partial charge is 0.453 e. The smallest absolute Gasteiger partial charge is 0.407 e. The molecule has 17 heteroatoms. The van der Waals surface area contributed by atoms with Crippen molar-refractivity contribution in [1.29, 1.82) is 0 Å². The molecule has 3 aliphatic heterocycles. The number of aliphatic hydroxyl groups is 1. The third-order valence-electron chi connectivity index (χ3n) is 12.4. The first-order valence-corrected chi connectivity index (χ1v) is 22.4. The van der Waals surface area contributed by atoms with E-state index in [4.69, 9.17) is 4.74 Å². The zero-order valence-electron chi connectivity index (χ0n) is 39.4. The molecule has 7 atom stereocenters. The molecule has 3 aliphatic rings. The molecule has 66 heavy (non-hydrogen) atoms. The van der Waals surface area contributed by atoms with Crippen molar-refractivity contribution in [3.8, 4) is 0 Å². The molecule has 0 spiro atoms. The molecular formula is C49H66FN7O9. The first kappa shape index (κ1) is 50.8. The fraction of sp³-hybridized carbons (Fsp3) is 0.510. The van der Waals surface area contributed by atoms with Gasteiger partial charge in [-0.3, -0.25) is 19.2 Å². The molecule has 3 heterocycles. The minimum Gasteiger partial charge on any atom is -0.453 e. The van der Waals surface area contributed by atoms with Crippen molar-refractivity contribution in [2.24, 2.45) is 10.8 Å². The van der Waals surface area contributed by atoms with Crippen molar-refractivity contribution in [3.05, 3.63) is 89.7 Å². The highest BCUT2D eigenvalue weighted by molar-refractivity contribution is 5.99. The molecule has 0 bridgehead atoms. The van der Waals surface area contributed by atoms with Gasteiger partial charge in [0.15, 0.2) is 0 Å². The zero-order chi connectivity index (χ0) is 48.5. The Morgan fingerprint density at radius 3 is 1.65 bits per heavy atom. The summed E-state index contributed by atoms with van der Waals surface area (Å²) in [5.74, 6) is -1.26. The van der Waals surface area contributed by atoms with Crippen LogP contribution in [0.15, 0.2) is 72.8 Å². The highest BCUT2D eigenvalue weighted by Gasteiger charge is 2.45. The summed E-state index contributed by atoms with van der Waals surface area (Å²) in [5, 5.41) is 21.2. The number of nitrogens with zero attached hydrogens (tertiary/aromatic N) is 3. The van der Waals surface area contributed by atoms with E-state index in [0.717, 1.165) is 49.0 Å². The van der Waals surface area contributed by atoms with Gasteiger partial charge >= 0.3 is 12.2 Å². The Balaban J connectivity index is 0.000000381. The number of benzene rings is 3. The molecule has 16 nitrogen and oxygen atoms in total. The number of carbonyl (C=O) groups excluding carboxylic acids is 6. The van der Waals surface area contributed by atoms with Crippen LogP contribution >= 0.6 is 0 Å². The van der Waals surface area contributed by atoms with Crippen LogP contribution < -0.4 is 26.2 Å². The average Bonchev–Trinajstić information content (AvgIpc) is 4.03. The number of amides is 6. The molecule has 0 aliphatic carbocycles. The first-order chi connectivity index (χ1) is 31.2.